The number of nitrogens with zero attached hydrogens (tertiary/aromatic N) is 2. The fraction of sp³-hybridized carbons (Fsp3) is 0.154. The number of hydrogen-bond donors (Lipinski definition) is 1. The molecule has 0 radical (unpaired) electrons. The average molecular weight is 227 g/mol. The molecule has 2 rings (SSSR count). The van der Waals surface area contributed by atoms with Crippen LogP contribution in [0.2, 0.25) is 0 Å². The molecule has 2 aromatic rings. The predicted octanol–water partition coefficient (Wildman–Crippen LogP) is 2.35. The quantitative estimate of drug-likeness (QED) is 0.856. The maximum absolute atomic E-state index is 11.9. The van der Waals surface area contributed by atoms with Gasteiger partial charge in [-0.15, -0.1) is 0 Å². The van der Waals surface area contributed by atoms with E-state index in [0.717, 1.165) is 11.1 Å². The van der Waals surface area contributed by atoms with Crippen LogP contribution in [0.3, 0.4) is 0 Å². The summed E-state index contributed by atoms with van der Waals surface area (Å²) in [6.07, 6.45) is 3.17. The number of aromatic nitrogens is 2. The molecule has 4 heteroatoms. The third-order valence-corrected chi connectivity index (χ3v) is 2.56. The molecule has 0 saturated heterocycles. The number of rotatable bonds is 2. The van der Waals surface area contributed by atoms with Crippen LogP contribution in [0.15, 0.2) is 36.7 Å². The van der Waals surface area contributed by atoms with E-state index in [-0.39, 0.29) is 5.91 Å². The summed E-state index contributed by atoms with van der Waals surface area (Å²) >= 11 is 0. The minimum absolute atomic E-state index is 0.195. The molecule has 1 heterocycles. The molecule has 4 nitrogen and oxygen atoms in total. The summed E-state index contributed by atoms with van der Waals surface area (Å²) < 4.78 is 0. The molecule has 0 aliphatic heterocycles. The second kappa shape index (κ2) is 4.74. The molecule has 17 heavy (non-hydrogen) atoms. The van der Waals surface area contributed by atoms with E-state index in [1.54, 1.807) is 24.5 Å². The van der Waals surface area contributed by atoms with Gasteiger partial charge >= 0.3 is 0 Å². The Labute approximate surface area is 99.7 Å². The first-order chi connectivity index (χ1) is 8.16. The molecule has 1 N–H and O–H groups in total. The first-order valence-corrected chi connectivity index (χ1v) is 5.32. The Morgan fingerprint density at radius 3 is 2.47 bits per heavy atom. The van der Waals surface area contributed by atoms with Crippen molar-refractivity contribution in [2.45, 2.75) is 13.8 Å². The molecule has 0 bridgehead atoms. The Kier molecular flexibility index (Phi) is 3.14. The number of nitrogens with one attached hydrogen (secondary N) is 1. The van der Waals surface area contributed by atoms with E-state index < -0.39 is 0 Å². The highest BCUT2D eigenvalue weighted by Crippen LogP contribution is 2.10. The summed E-state index contributed by atoms with van der Waals surface area (Å²) in [6, 6.07) is 7.27. The van der Waals surface area contributed by atoms with E-state index in [2.05, 4.69) is 15.3 Å². The van der Waals surface area contributed by atoms with Gasteiger partial charge in [0.2, 0.25) is 5.95 Å². The lowest BCUT2D eigenvalue weighted by atomic mass is 10.1. The van der Waals surface area contributed by atoms with Gasteiger partial charge in [-0.3, -0.25) is 10.1 Å². The van der Waals surface area contributed by atoms with Crippen molar-refractivity contribution >= 4 is 11.9 Å². The molecule has 0 fully saturated rings. The lowest BCUT2D eigenvalue weighted by molar-refractivity contribution is 0.102. The van der Waals surface area contributed by atoms with Crippen molar-refractivity contribution in [2.75, 3.05) is 5.32 Å². The van der Waals surface area contributed by atoms with Gasteiger partial charge < -0.3 is 0 Å². The number of carbonyl (C=O) groups is 1. The van der Waals surface area contributed by atoms with Crippen molar-refractivity contribution in [3.8, 4) is 0 Å². The largest absolute Gasteiger partial charge is 0.290 e. The number of amides is 1. The molecule has 0 aliphatic rings. The van der Waals surface area contributed by atoms with Crippen molar-refractivity contribution in [3.63, 3.8) is 0 Å². The summed E-state index contributed by atoms with van der Waals surface area (Å²) in [5.41, 5.74) is 2.87. The third kappa shape index (κ3) is 2.66. The van der Waals surface area contributed by atoms with Crippen LogP contribution < -0.4 is 5.32 Å². The van der Waals surface area contributed by atoms with Crippen molar-refractivity contribution in [3.05, 3.63) is 53.3 Å². The lowest BCUT2D eigenvalue weighted by Gasteiger charge is -2.05. The molecule has 0 saturated carbocycles. The Bertz CT molecular complexity index is 538. The standard InChI is InChI=1S/C13H13N3O/c1-9-4-5-11(8-10(9)2)12(17)16-13-14-6-3-7-15-13/h3-8H,1-2H3,(H,14,15,16,17). The van der Waals surface area contributed by atoms with Crippen LogP contribution in [0.4, 0.5) is 5.95 Å². The molecule has 0 unspecified atom stereocenters. The van der Waals surface area contributed by atoms with Crippen LogP contribution in [0.25, 0.3) is 0 Å². The van der Waals surface area contributed by atoms with Gasteiger partial charge in [0.05, 0.1) is 0 Å². The smallest absolute Gasteiger partial charge is 0.258 e. The number of benzene rings is 1. The van der Waals surface area contributed by atoms with Gasteiger partial charge in [0.25, 0.3) is 5.91 Å². The van der Waals surface area contributed by atoms with Crippen LogP contribution in [0, 0.1) is 13.8 Å². The van der Waals surface area contributed by atoms with Crippen molar-refractivity contribution in [2.24, 2.45) is 0 Å². The van der Waals surface area contributed by atoms with Gasteiger partial charge in [-0.25, -0.2) is 9.97 Å². The molecule has 1 aromatic heterocycles. The number of anilines is 1. The van der Waals surface area contributed by atoms with Crippen molar-refractivity contribution in [1.82, 2.24) is 9.97 Å². The summed E-state index contributed by atoms with van der Waals surface area (Å²) in [6.45, 7) is 3.99. The highest BCUT2D eigenvalue weighted by atomic mass is 16.1. The van der Waals surface area contributed by atoms with E-state index in [0.29, 0.717) is 11.5 Å². The van der Waals surface area contributed by atoms with Gasteiger partial charge in [-0.05, 0) is 43.2 Å². The first-order valence-electron chi connectivity index (χ1n) is 5.32. The highest BCUT2D eigenvalue weighted by molar-refractivity contribution is 6.03. The number of aryl methyl sites for hydroxylation is 2. The second-order valence-electron chi connectivity index (χ2n) is 3.83. The normalized spacial score (nSPS) is 10.0. The van der Waals surface area contributed by atoms with Gasteiger partial charge in [0, 0.05) is 18.0 Å². The molecule has 0 atom stereocenters. The van der Waals surface area contributed by atoms with Crippen molar-refractivity contribution in [1.29, 1.82) is 0 Å². The zero-order chi connectivity index (χ0) is 12.3. The summed E-state index contributed by atoms with van der Waals surface area (Å²) in [7, 11) is 0. The van der Waals surface area contributed by atoms with Gasteiger partial charge in [0.1, 0.15) is 0 Å². The van der Waals surface area contributed by atoms with Gasteiger partial charge in [-0.1, -0.05) is 6.07 Å². The SMILES string of the molecule is Cc1ccc(C(=O)Nc2ncccn2)cc1C. The zero-order valence-corrected chi connectivity index (χ0v) is 9.77. The zero-order valence-electron chi connectivity index (χ0n) is 9.77. The highest BCUT2D eigenvalue weighted by Gasteiger charge is 2.07. The van der Waals surface area contributed by atoms with E-state index in [4.69, 9.17) is 0 Å². The Balaban J connectivity index is 2.18. The topological polar surface area (TPSA) is 54.9 Å². The number of carbonyl (C=O) groups excluding carboxylic acids is 1. The molecule has 1 amide bonds. The van der Waals surface area contributed by atoms with Crippen molar-refractivity contribution < 1.29 is 4.79 Å². The minimum atomic E-state index is -0.195. The van der Waals surface area contributed by atoms with Crippen LogP contribution >= 0.6 is 0 Å². The third-order valence-electron chi connectivity index (χ3n) is 2.56. The van der Waals surface area contributed by atoms with Crippen LogP contribution in [0.5, 0.6) is 0 Å². The van der Waals surface area contributed by atoms with E-state index in [9.17, 15) is 4.79 Å². The fourth-order valence-electron chi connectivity index (χ4n) is 1.42. The molecule has 86 valence electrons. The van der Waals surface area contributed by atoms with Gasteiger partial charge in [-0.2, -0.15) is 0 Å². The monoisotopic (exact) mass is 227 g/mol. The fourth-order valence-corrected chi connectivity index (χ4v) is 1.42. The molecular weight excluding hydrogens is 214 g/mol. The van der Waals surface area contributed by atoms with E-state index in [1.807, 2.05) is 26.0 Å². The molecular formula is C13H13N3O. The predicted molar refractivity (Wildman–Crippen MR) is 65.9 cm³/mol. The van der Waals surface area contributed by atoms with Crippen LogP contribution in [-0.2, 0) is 0 Å². The Morgan fingerprint density at radius 1 is 1.12 bits per heavy atom. The molecule has 1 aromatic carbocycles. The maximum Gasteiger partial charge on any atom is 0.258 e. The molecule has 0 aliphatic carbocycles. The van der Waals surface area contributed by atoms with Crippen LogP contribution in [0.1, 0.15) is 21.5 Å². The Hall–Kier alpha value is -2.23. The minimum Gasteiger partial charge on any atom is -0.290 e. The average Bonchev–Trinajstić information content (AvgIpc) is 2.34. The summed E-state index contributed by atoms with van der Waals surface area (Å²) in [5.74, 6) is 0.120. The lowest BCUT2D eigenvalue weighted by Crippen LogP contribution is -2.14. The molecule has 0 spiro atoms. The summed E-state index contributed by atoms with van der Waals surface area (Å²) in [4.78, 5) is 19.8. The van der Waals surface area contributed by atoms with Gasteiger partial charge in [0.15, 0.2) is 0 Å². The van der Waals surface area contributed by atoms with E-state index in [1.165, 1.54) is 0 Å². The summed E-state index contributed by atoms with van der Waals surface area (Å²) in [5, 5.41) is 2.64. The second-order valence-corrected chi connectivity index (χ2v) is 3.83. The maximum atomic E-state index is 11.9. The Morgan fingerprint density at radius 2 is 1.82 bits per heavy atom. The van der Waals surface area contributed by atoms with Crippen LogP contribution in [-0.4, -0.2) is 15.9 Å². The van der Waals surface area contributed by atoms with E-state index >= 15 is 0 Å². The number of hydrogen-bond acceptors (Lipinski definition) is 3. The first kappa shape index (κ1) is 11.3.